The minimum absolute atomic E-state index is 0.204. The van der Waals surface area contributed by atoms with E-state index >= 15 is 0 Å². The SMILES string of the molecule is Cc1ccc(NC(=O)c2ccnc(N3CCCCC3)n2)cc1. The van der Waals surface area contributed by atoms with Gasteiger partial charge >= 0.3 is 0 Å². The fraction of sp³-hybridized carbons (Fsp3) is 0.353. The van der Waals surface area contributed by atoms with Crippen LogP contribution in [0.3, 0.4) is 0 Å². The zero-order chi connectivity index (χ0) is 15.4. The van der Waals surface area contributed by atoms with Crippen molar-refractivity contribution in [2.24, 2.45) is 0 Å². The summed E-state index contributed by atoms with van der Waals surface area (Å²) in [4.78, 5) is 23.2. The standard InChI is InChI=1S/C17H20N4O/c1-13-5-7-14(8-6-13)19-16(22)15-9-10-18-17(20-15)21-11-3-2-4-12-21/h5-10H,2-4,11-12H2,1H3,(H,19,22). The lowest BCUT2D eigenvalue weighted by Crippen LogP contribution is -2.31. The molecule has 2 aromatic rings. The van der Waals surface area contributed by atoms with Crippen LogP contribution in [-0.2, 0) is 0 Å². The number of aryl methyl sites for hydroxylation is 1. The van der Waals surface area contributed by atoms with Crippen LogP contribution in [0.4, 0.5) is 11.6 Å². The molecular weight excluding hydrogens is 276 g/mol. The molecule has 114 valence electrons. The highest BCUT2D eigenvalue weighted by molar-refractivity contribution is 6.02. The zero-order valence-corrected chi connectivity index (χ0v) is 12.7. The molecule has 1 aromatic heterocycles. The fourth-order valence-electron chi connectivity index (χ4n) is 2.55. The number of aromatic nitrogens is 2. The van der Waals surface area contributed by atoms with Crippen LogP contribution in [0.25, 0.3) is 0 Å². The molecular formula is C17H20N4O. The molecule has 2 heterocycles. The molecule has 1 aliphatic rings. The Balaban J connectivity index is 1.73. The van der Waals surface area contributed by atoms with Crippen molar-refractivity contribution in [3.63, 3.8) is 0 Å². The Morgan fingerprint density at radius 2 is 1.82 bits per heavy atom. The summed E-state index contributed by atoms with van der Waals surface area (Å²) in [7, 11) is 0. The van der Waals surface area contributed by atoms with Crippen LogP contribution in [0.15, 0.2) is 36.5 Å². The predicted octanol–water partition coefficient (Wildman–Crippen LogP) is 3.03. The van der Waals surface area contributed by atoms with Gasteiger partial charge in [0.2, 0.25) is 5.95 Å². The normalized spacial score (nSPS) is 14.7. The maximum absolute atomic E-state index is 12.3. The first-order valence-corrected chi connectivity index (χ1v) is 7.68. The summed E-state index contributed by atoms with van der Waals surface area (Å²) >= 11 is 0. The zero-order valence-electron chi connectivity index (χ0n) is 12.7. The largest absolute Gasteiger partial charge is 0.341 e. The molecule has 1 amide bonds. The van der Waals surface area contributed by atoms with Gasteiger partial charge in [-0.05, 0) is 44.4 Å². The Hall–Kier alpha value is -2.43. The first-order chi connectivity index (χ1) is 10.7. The molecule has 1 aliphatic heterocycles. The smallest absolute Gasteiger partial charge is 0.274 e. The molecule has 1 fully saturated rings. The maximum Gasteiger partial charge on any atom is 0.274 e. The molecule has 0 saturated carbocycles. The average Bonchev–Trinajstić information content (AvgIpc) is 2.58. The predicted molar refractivity (Wildman–Crippen MR) is 87.2 cm³/mol. The lowest BCUT2D eigenvalue weighted by Gasteiger charge is -2.26. The highest BCUT2D eigenvalue weighted by Gasteiger charge is 2.15. The lowest BCUT2D eigenvalue weighted by molar-refractivity contribution is 0.102. The summed E-state index contributed by atoms with van der Waals surface area (Å²) in [6.45, 7) is 3.94. The van der Waals surface area contributed by atoms with Crippen molar-refractivity contribution < 1.29 is 4.79 Å². The molecule has 1 N–H and O–H groups in total. The van der Waals surface area contributed by atoms with E-state index in [4.69, 9.17) is 0 Å². The molecule has 0 atom stereocenters. The number of nitrogens with zero attached hydrogens (tertiary/aromatic N) is 3. The molecule has 22 heavy (non-hydrogen) atoms. The molecule has 0 bridgehead atoms. The second kappa shape index (κ2) is 6.56. The second-order valence-electron chi connectivity index (χ2n) is 5.61. The highest BCUT2D eigenvalue weighted by Crippen LogP contribution is 2.16. The van der Waals surface area contributed by atoms with Crippen molar-refractivity contribution >= 4 is 17.5 Å². The second-order valence-corrected chi connectivity index (χ2v) is 5.61. The third kappa shape index (κ3) is 3.42. The molecule has 5 heteroatoms. The quantitative estimate of drug-likeness (QED) is 0.946. The fourth-order valence-corrected chi connectivity index (χ4v) is 2.55. The number of amides is 1. The van der Waals surface area contributed by atoms with Crippen LogP contribution >= 0.6 is 0 Å². The van der Waals surface area contributed by atoms with Gasteiger partial charge in [-0.2, -0.15) is 0 Å². The highest BCUT2D eigenvalue weighted by atomic mass is 16.1. The van der Waals surface area contributed by atoms with Crippen molar-refractivity contribution in [3.05, 3.63) is 47.8 Å². The van der Waals surface area contributed by atoms with E-state index in [2.05, 4.69) is 20.2 Å². The lowest BCUT2D eigenvalue weighted by atomic mass is 10.1. The van der Waals surface area contributed by atoms with Crippen molar-refractivity contribution in [2.45, 2.75) is 26.2 Å². The summed E-state index contributed by atoms with van der Waals surface area (Å²) in [6, 6.07) is 9.36. The first-order valence-electron chi connectivity index (χ1n) is 7.68. The van der Waals surface area contributed by atoms with E-state index in [1.54, 1.807) is 12.3 Å². The Kier molecular flexibility index (Phi) is 4.32. The molecule has 1 saturated heterocycles. The summed E-state index contributed by atoms with van der Waals surface area (Å²) in [5, 5.41) is 2.87. The van der Waals surface area contributed by atoms with Crippen LogP contribution in [0.1, 0.15) is 35.3 Å². The molecule has 5 nitrogen and oxygen atoms in total. The Morgan fingerprint density at radius 3 is 2.55 bits per heavy atom. The van der Waals surface area contributed by atoms with Crippen LogP contribution < -0.4 is 10.2 Å². The van der Waals surface area contributed by atoms with Crippen molar-refractivity contribution in [3.8, 4) is 0 Å². The van der Waals surface area contributed by atoms with Gasteiger partial charge in [0.25, 0.3) is 5.91 Å². The maximum atomic E-state index is 12.3. The number of rotatable bonds is 3. The summed E-state index contributed by atoms with van der Waals surface area (Å²) in [6.07, 6.45) is 5.22. The Bertz CT molecular complexity index is 648. The van der Waals surface area contributed by atoms with E-state index in [1.807, 2.05) is 31.2 Å². The number of piperidine rings is 1. The van der Waals surface area contributed by atoms with Gasteiger partial charge < -0.3 is 10.2 Å². The molecule has 0 radical (unpaired) electrons. The summed E-state index contributed by atoms with van der Waals surface area (Å²) in [5.74, 6) is 0.445. The van der Waals surface area contributed by atoms with Crippen molar-refractivity contribution in [2.75, 3.05) is 23.3 Å². The van der Waals surface area contributed by atoms with Gasteiger partial charge in [0.05, 0.1) is 0 Å². The van der Waals surface area contributed by atoms with Crippen molar-refractivity contribution in [1.82, 2.24) is 9.97 Å². The average molecular weight is 296 g/mol. The molecule has 0 aliphatic carbocycles. The van der Waals surface area contributed by atoms with E-state index in [9.17, 15) is 4.79 Å². The number of nitrogens with one attached hydrogen (secondary N) is 1. The van der Waals surface area contributed by atoms with E-state index in [1.165, 1.54) is 6.42 Å². The molecule has 3 rings (SSSR count). The van der Waals surface area contributed by atoms with E-state index in [-0.39, 0.29) is 5.91 Å². The van der Waals surface area contributed by atoms with Crippen LogP contribution in [-0.4, -0.2) is 29.0 Å². The molecule has 0 unspecified atom stereocenters. The monoisotopic (exact) mass is 296 g/mol. The molecule has 0 spiro atoms. The van der Waals surface area contributed by atoms with E-state index in [0.717, 1.165) is 37.2 Å². The number of carbonyl (C=O) groups excluding carboxylic acids is 1. The van der Waals surface area contributed by atoms with Gasteiger partial charge in [-0.25, -0.2) is 9.97 Å². The number of hydrogen-bond acceptors (Lipinski definition) is 4. The first kappa shape index (κ1) is 14.5. The Morgan fingerprint density at radius 1 is 1.09 bits per heavy atom. The third-order valence-corrected chi connectivity index (χ3v) is 3.82. The van der Waals surface area contributed by atoms with Crippen molar-refractivity contribution in [1.29, 1.82) is 0 Å². The van der Waals surface area contributed by atoms with Crippen LogP contribution in [0, 0.1) is 6.92 Å². The summed E-state index contributed by atoms with van der Waals surface area (Å²) < 4.78 is 0. The molecule has 1 aromatic carbocycles. The van der Waals surface area contributed by atoms with Gasteiger partial charge in [0.1, 0.15) is 5.69 Å². The van der Waals surface area contributed by atoms with Gasteiger partial charge in [-0.3, -0.25) is 4.79 Å². The van der Waals surface area contributed by atoms with Gasteiger partial charge in [-0.15, -0.1) is 0 Å². The van der Waals surface area contributed by atoms with Gasteiger partial charge in [-0.1, -0.05) is 17.7 Å². The van der Waals surface area contributed by atoms with Gasteiger partial charge in [0, 0.05) is 25.0 Å². The topological polar surface area (TPSA) is 58.1 Å². The van der Waals surface area contributed by atoms with E-state index in [0.29, 0.717) is 11.6 Å². The minimum Gasteiger partial charge on any atom is -0.341 e. The number of carbonyl (C=O) groups is 1. The number of anilines is 2. The number of hydrogen-bond donors (Lipinski definition) is 1. The van der Waals surface area contributed by atoms with Gasteiger partial charge in [0.15, 0.2) is 0 Å². The summed E-state index contributed by atoms with van der Waals surface area (Å²) in [5.41, 5.74) is 2.33. The Labute approximate surface area is 130 Å². The van der Waals surface area contributed by atoms with Crippen LogP contribution in [0.2, 0.25) is 0 Å². The minimum atomic E-state index is -0.204. The van der Waals surface area contributed by atoms with Crippen LogP contribution in [0.5, 0.6) is 0 Å². The van der Waals surface area contributed by atoms with E-state index < -0.39 is 0 Å². The third-order valence-electron chi connectivity index (χ3n) is 3.82. The number of benzene rings is 1.